The van der Waals surface area contributed by atoms with Crippen molar-refractivity contribution >= 4 is 32.6 Å². The van der Waals surface area contributed by atoms with Gasteiger partial charge in [0.25, 0.3) is 0 Å². The summed E-state index contributed by atoms with van der Waals surface area (Å²) in [6, 6.07) is 22.5. The molecule has 0 aliphatic rings. The Morgan fingerprint density at radius 2 is 1.62 bits per heavy atom. The maximum atomic E-state index is 13.3. The predicted molar refractivity (Wildman–Crippen MR) is 122 cm³/mol. The average Bonchev–Trinajstić information content (AvgIpc) is 3.16. The molecule has 1 aromatic heterocycles. The van der Waals surface area contributed by atoms with Gasteiger partial charge >= 0.3 is 0 Å². The second-order valence-electron chi connectivity index (χ2n) is 7.48. The zero-order chi connectivity index (χ0) is 20.4. The third-order valence-corrected chi connectivity index (χ3v) is 6.31. The molecular formula is C25H24N2OS. The molecule has 0 spiro atoms. The highest BCUT2D eigenvalue weighted by molar-refractivity contribution is 7.22. The summed E-state index contributed by atoms with van der Waals surface area (Å²) in [5, 5.41) is 0.759. The van der Waals surface area contributed by atoms with Gasteiger partial charge in [0, 0.05) is 0 Å². The number of anilines is 1. The summed E-state index contributed by atoms with van der Waals surface area (Å²) < 4.78 is 1.12. The van der Waals surface area contributed by atoms with Gasteiger partial charge in [-0.3, -0.25) is 9.69 Å². The normalized spacial score (nSPS) is 11.0. The van der Waals surface area contributed by atoms with E-state index in [0.29, 0.717) is 13.0 Å². The van der Waals surface area contributed by atoms with Crippen molar-refractivity contribution in [3.05, 3.63) is 94.5 Å². The Morgan fingerprint density at radius 3 is 2.34 bits per heavy atom. The molecule has 0 atom stereocenters. The van der Waals surface area contributed by atoms with Gasteiger partial charge in [-0.05, 0) is 49.1 Å². The summed E-state index contributed by atoms with van der Waals surface area (Å²) in [6.45, 7) is 6.76. The minimum absolute atomic E-state index is 0.0612. The largest absolute Gasteiger partial charge is 0.283 e. The molecule has 0 radical (unpaired) electrons. The van der Waals surface area contributed by atoms with Crippen LogP contribution in [-0.4, -0.2) is 10.9 Å². The number of rotatable bonds is 5. The van der Waals surface area contributed by atoms with E-state index in [1.54, 1.807) is 11.3 Å². The van der Waals surface area contributed by atoms with Crippen LogP contribution in [0.2, 0.25) is 0 Å². The van der Waals surface area contributed by atoms with E-state index in [2.05, 4.69) is 45.0 Å². The van der Waals surface area contributed by atoms with Gasteiger partial charge in [0.15, 0.2) is 5.13 Å². The lowest BCUT2D eigenvalue weighted by atomic mass is 10.1. The van der Waals surface area contributed by atoms with Crippen molar-refractivity contribution in [2.75, 3.05) is 4.90 Å². The minimum atomic E-state index is 0.0612. The zero-order valence-electron chi connectivity index (χ0n) is 17.0. The number of hydrogen-bond donors (Lipinski definition) is 0. The molecule has 0 aliphatic heterocycles. The zero-order valence-corrected chi connectivity index (χ0v) is 17.8. The van der Waals surface area contributed by atoms with Crippen molar-refractivity contribution in [3.8, 4) is 0 Å². The summed E-state index contributed by atoms with van der Waals surface area (Å²) in [5.74, 6) is 0.0612. The number of carbonyl (C=O) groups is 1. The lowest BCUT2D eigenvalue weighted by Gasteiger charge is -2.20. The second-order valence-corrected chi connectivity index (χ2v) is 8.49. The molecule has 4 heteroatoms. The number of benzene rings is 3. The van der Waals surface area contributed by atoms with Crippen LogP contribution in [0.4, 0.5) is 5.13 Å². The van der Waals surface area contributed by atoms with Gasteiger partial charge in [0.05, 0.1) is 23.2 Å². The van der Waals surface area contributed by atoms with Crippen molar-refractivity contribution < 1.29 is 4.79 Å². The number of aromatic nitrogens is 1. The van der Waals surface area contributed by atoms with Gasteiger partial charge in [-0.15, -0.1) is 0 Å². The van der Waals surface area contributed by atoms with Gasteiger partial charge in [-0.2, -0.15) is 0 Å². The number of thiazole rings is 1. The number of fused-ring (bicyclic) bond motifs is 1. The molecular weight excluding hydrogens is 376 g/mol. The fourth-order valence-corrected chi connectivity index (χ4v) is 4.38. The van der Waals surface area contributed by atoms with Crippen molar-refractivity contribution in [3.63, 3.8) is 0 Å². The molecule has 0 bridgehead atoms. The van der Waals surface area contributed by atoms with Crippen molar-refractivity contribution in [2.24, 2.45) is 0 Å². The second kappa shape index (κ2) is 8.18. The minimum Gasteiger partial charge on any atom is -0.283 e. The van der Waals surface area contributed by atoms with E-state index in [1.165, 1.54) is 16.7 Å². The molecule has 0 fully saturated rings. The first-order valence-corrected chi connectivity index (χ1v) is 10.6. The van der Waals surface area contributed by atoms with Gasteiger partial charge in [0.1, 0.15) is 0 Å². The molecule has 29 heavy (non-hydrogen) atoms. The first-order valence-electron chi connectivity index (χ1n) is 9.78. The first kappa shape index (κ1) is 19.3. The fraction of sp³-hybridized carbons (Fsp3) is 0.200. The smallest absolute Gasteiger partial charge is 0.233 e. The Labute approximate surface area is 175 Å². The van der Waals surface area contributed by atoms with Crippen LogP contribution in [0.1, 0.15) is 27.8 Å². The maximum absolute atomic E-state index is 13.3. The molecule has 0 saturated carbocycles. The number of carbonyl (C=O) groups excluding carboxylic acids is 1. The molecule has 3 nitrogen and oxygen atoms in total. The Bertz CT molecular complexity index is 1150. The maximum Gasteiger partial charge on any atom is 0.233 e. The molecule has 0 aliphatic carbocycles. The van der Waals surface area contributed by atoms with Crippen LogP contribution in [0.25, 0.3) is 10.2 Å². The van der Waals surface area contributed by atoms with Crippen LogP contribution < -0.4 is 4.90 Å². The fourth-order valence-electron chi connectivity index (χ4n) is 3.33. The van der Waals surface area contributed by atoms with Crippen LogP contribution in [0.3, 0.4) is 0 Å². The summed E-state index contributed by atoms with van der Waals surface area (Å²) >= 11 is 1.58. The van der Waals surface area contributed by atoms with Crippen LogP contribution in [0.5, 0.6) is 0 Å². The van der Waals surface area contributed by atoms with E-state index in [1.807, 2.05) is 47.4 Å². The Balaban J connectivity index is 1.70. The molecule has 1 heterocycles. The molecule has 3 aromatic carbocycles. The Morgan fingerprint density at radius 1 is 0.897 bits per heavy atom. The number of aryl methyl sites for hydroxylation is 3. The van der Waals surface area contributed by atoms with E-state index in [4.69, 9.17) is 4.98 Å². The lowest BCUT2D eigenvalue weighted by molar-refractivity contribution is -0.118. The molecule has 146 valence electrons. The molecule has 0 N–H and O–H groups in total. The van der Waals surface area contributed by atoms with E-state index >= 15 is 0 Å². The molecule has 4 rings (SSSR count). The summed E-state index contributed by atoms with van der Waals surface area (Å²) in [5.41, 5.74) is 6.69. The standard InChI is InChI=1S/C25H24N2OS/c1-17-9-12-20(13-10-17)15-23(28)27(16-21-7-5-4-6-8-21)25-26-24-19(3)18(2)11-14-22(24)29-25/h4-14H,15-16H2,1-3H3. The van der Waals surface area contributed by atoms with E-state index in [0.717, 1.165) is 26.5 Å². The van der Waals surface area contributed by atoms with E-state index < -0.39 is 0 Å². The van der Waals surface area contributed by atoms with Gasteiger partial charge < -0.3 is 0 Å². The SMILES string of the molecule is Cc1ccc(CC(=O)N(Cc2ccccc2)c2nc3c(C)c(C)ccc3s2)cc1. The van der Waals surface area contributed by atoms with E-state index in [-0.39, 0.29) is 5.91 Å². The van der Waals surface area contributed by atoms with Crippen LogP contribution in [-0.2, 0) is 17.8 Å². The number of amides is 1. The van der Waals surface area contributed by atoms with Crippen molar-refractivity contribution in [1.82, 2.24) is 4.98 Å². The topological polar surface area (TPSA) is 33.2 Å². The molecule has 1 amide bonds. The summed E-state index contributed by atoms with van der Waals surface area (Å²) in [6.07, 6.45) is 0.362. The number of hydrogen-bond acceptors (Lipinski definition) is 3. The predicted octanol–water partition coefficient (Wildman–Crippen LogP) is 6.00. The third kappa shape index (κ3) is 4.22. The van der Waals surface area contributed by atoms with Gasteiger partial charge in [-0.25, -0.2) is 4.98 Å². The highest BCUT2D eigenvalue weighted by Crippen LogP contribution is 2.33. The Kier molecular flexibility index (Phi) is 5.45. The van der Waals surface area contributed by atoms with Crippen molar-refractivity contribution in [2.45, 2.75) is 33.7 Å². The lowest BCUT2D eigenvalue weighted by Crippen LogP contribution is -2.31. The monoisotopic (exact) mass is 400 g/mol. The van der Waals surface area contributed by atoms with Crippen LogP contribution in [0.15, 0.2) is 66.7 Å². The van der Waals surface area contributed by atoms with Gasteiger partial charge in [0.2, 0.25) is 5.91 Å². The first-order chi connectivity index (χ1) is 14.0. The molecule has 4 aromatic rings. The van der Waals surface area contributed by atoms with E-state index in [9.17, 15) is 4.79 Å². The Hall–Kier alpha value is -2.98. The number of nitrogens with zero attached hydrogens (tertiary/aromatic N) is 2. The van der Waals surface area contributed by atoms with Crippen LogP contribution >= 0.6 is 11.3 Å². The van der Waals surface area contributed by atoms with Crippen LogP contribution in [0, 0.1) is 20.8 Å². The summed E-state index contributed by atoms with van der Waals surface area (Å²) in [7, 11) is 0. The quantitative estimate of drug-likeness (QED) is 0.412. The van der Waals surface area contributed by atoms with Gasteiger partial charge in [-0.1, -0.05) is 77.6 Å². The molecule has 0 saturated heterocycles. The van der Waals surface area contributed by atoms with Crippen molar-refractivity contribution in [1.29, 1.82) is 0 Å². The summed E-state index contributed by atoms with van der Waals surface area (Å²) in [4.78, 5) is 20.0. The average molecular weight is 401 g/mol. The highest BCUT2D eigenvalue weighted by Gasteiger charge is 2.21. The highest BCUT2D eigenvalue weighted by atomic mass is 32.1. The molecule has 0 unspecified atom stereocenters. The third-order valence-electron chi connectivity index (χ3n) is 5.26.